The Morgan fingerprint density at radius 3 is 2.33 bits per heavy atom. The average Bonchev–Trinajstić information content (AvgIpc) is 2.84. The fraction of sp³-hybridized carbons (Fsp3) is 0.211. The van der Waals surface area contributed by atoms with Crippen LogP contribution >= 0.6 is 35.8 Å². The van der Waals surface area contributed by atoms with Gasteiger partial charge in [-0.15, -0.1) is 0 Å². The van der Waals surface area contributed by atoms with Gasteiger partial charge in [0, 0.05) is 22.2 Å². The Morgan fingerprint density at radius 2 is 1.78 bits per heavy atom. The van der Waals surface area contributed by atoms with Gasteiger partial charge in [0.05, 0.1) is 16.9 Å². The third-order valence-electron chi connectivity index (χ3n) is 4.40. The molecule has 1 saturated heterocycles. The monoisotopic (exact) mass is 422 g/mol. The number of carbonyl (C=O) groups excluding carboxylic acids is 3. The summed E-state index contributed by atoms with van der Waals surface area (Å²) in [5, 5.41) is 3.12. The van der Waals surface area contributed by atoms with Gasteiger partial charge in [-0.3, -0.25) is 14.4 Å². The summed E-state index contributed by atoms with van der Waals surface area (Å²) >= 11 is 16.1. The van der Waals surface area contributed by atoms with E-state index in [2.05, 4.69) is 17.9 Å². The van der Waals surface area contributed by atoms with Crippen molar-refractivity contribution in [1.82, 2.24) is 5.32 Å². The van der Waals surface area contributed by atoms with E-state index >= 15 is 0 Å². The highest BCUT2D eigenvalue weighted by atomic mass is 35.5. The maximum atomic E-state index is 12.3. The van der Waals surface area contributed by atoms with Gasteiger partial charge in [-0.2, -0.15) is 12.6 Å². The normalized spacial score (nSPS) is 19.5. The largest absolute Gasteiger partial charge is 0.348 e. The molecule has 0 saturated carbocycles. The van der Waals surface area contributed by atoms with Crippen LogP contribution in [0.2, 0.25) is 10.0 Å². The first-order valence-electron chi connectivity index (χ1n) is 8.17. The van der Waals surface area contributed by atoms with Gasteiger partial charge >= 0.3 is 0 Å². The number of anilines is 1. The van der Waals surface area contributed by atoms with Gasteiger partial charge in [0.1, 0.15) is 0 Å². The number of thiol groups is 1. The van der Waals surface area contributed by atoms with Crippen molar-refractivity contribution in [1.29, 1.82) is 0 Å². The van der Waals surface area contributed by atoms with Crippen LogP contribution in [0.3, 0.4) is 0 Å². The molecule has 3 amide bonds. The SMILES string of the molecule is C[C@H]1C(=O)N(c2ccc(C(=O)NCc3ccc(Cl)cc3Cl)cc2)C(=O)[C@@H]1S. The minimum atomic E-state index is -0.649. The van der Waals surface area contributed by atoms with Gasteiger partial charge in [0.2, 0.25) is 11.8 Å². The van der Waals surface area contributed by atoms with E-state index in [4.69, 9.17) is 23.2 Å². The van der Waals surface area contributed by atoms with E-state index in [0.717, 1.165) is 10.5 Å². The highest BCUT2D eigenvalue weighted by Crippen LogP contribution is 2.29. The first kappa shape index (κ1) is 19.7. The molecule has 5 nitrogen and oxygen atoms in total. The van der Waals surface area contributed by atoms with E-state index in [0.29, 0.717) is 21.3 Å². The van der Waals surface area contributed by atoms with Crippen LogP contribution in [0.1, 0.15) is 22.8 Å². The Morgan fingerprint density at radius 1 is 1.11 bits per heavy atom. The molecule has 2 atom stereocenters. The van der Waals surface area contributed by atoms with Crippen LogP contribution in [0.25, 0.3) is 0 Å². The van der Waals surface area contributed by atoms with Crippen molar-refractivity contribution in [3.8, 4) is 0 Å². The lowest BCUT2D eigenvalue weighted by molar-refractivity contribution is -0.122. The molecular weight excluding hydrogens is 407 g/mol. The molecule has 1 heterocycles. The Kier molecular flexibility index (Phi) is 5.79. The summed E-state index contributed by atoms with van der Waals surface area (Å²) in [6.07, 6.45) is 0. The van der Waals surface area contributed by atoms with Gasteiger partial charge in [0.15, 0.2) is 0 Å². The highest BCUT2D eigenvalue weighted by molar-refractivity contribution is 7.82. The molecule has 2 aromatic rings. The van der Waals surface area contributed by atoms with Crippen LogP contribution in [0.15, 0.2) is 42.5 Å². The van der Waals surface area contributed by atoms with Crippen molar-refractivity contribution in [2.45, 2.75) is 18.7 Å². The van der Waals surface area contributed by atoms with Crippen LogP contribution < -0.4 is 10.2 Å². The fourth-order valence-electron chi connectivity index (χ4n) is 2.75. The second kappa shape index (κ2) is 7.92. The molecule has 0 spiro atoms. The molecule has 1 N–H and O–H groups in total. The molecule has 3 rings (SSSR count). The van der Waals surface area contributed by atoms with Crippen LogP contribution in [0, 0.1) is 5.92 Å². The minimum absolute atomic E-state index is 0.249. The zero-order chi connectivity index (χ0) is 19.7. The molecule has 0 radical (unpaired) electrons. The zero-order valence-electron chi connectivity index (χ0n) is 14.3. The summed E-state index contributed by atoms with van der Waals surface area (Å²) in [5.41, 5.74) is 1.57. The van der Waals surface area contributed by atoms with Crippen molar-refractivity contribution in [2.75, 3.05) is 4.90 Å². The van der Waals surface area contributed by atoms with E-state index in [-0.39, 0.29) is 24.3 Å². The number of nitrogens with zero attached hydrogens (tertiary/aromatic N) is 1. The molecule has 1 fully saturated rings. The van der Waals surface area contributed by atoms with Crippen molar-refractivity contribution in [3.63, 3.8) is 0 Å². The molecular formula is C19H16Cl2N2O3S. The average molecular weight is 423 g/mol. The van der Waals surface area contributed by atoms with E-state index < -0.39 is 11.2 Å². The number of carbonyl (C=O) groups is 3. The zero-order valence-corrected chi connectivity index (χ0v) is 16.7. The second-order valence-corrected chi connectivity index (χ2v) is 7.61. The Labute approximate surface area is 172 Å². The van der Waals surface area contributed by atoms with Crippen molar-refractivity contribution in [3.05, 3.63) is 63.6 Å². The highest BCUT2D eigenvalue weighted by Gasteiger charge is 2.43. The number of nitrogens with one attached hydrogen (secondary N) is 1. The smallest absolute Gasteiger partial charge is 0.251 e. The molecule has 140 valence electrons. The van der Waals surface area contributed by atoms with Gasteiger partial charge in [-0.25, -0.2) is 4.90 Å². The first-order valence-corrected chi connectivity index (χ1v) is 9.45. The second-order valence-electron chi connectivity index (χ2n) is 6.21. The number of amides is 3. The third kappa shape index (κ3) is 3.98. The van der Waals surface area contributed by atoms with Crippen molar-refractivity contribution in [2.24, 2.45) is 5.92 Å². The molecule has 2 aromatic carbocycles. The van der Waals surface area contributed by atoms with Crippen LogP contribution in [0.4, 0.5) is 5.69 Å². The Hall–Kier alpha value is -2.02. The number of hydrogen-bond acceptors (Lipinski definition) is 4. The quantitative estimate of drug-likeness (QED) is 0.582. The van der Waals surface area contributed by atoms with Gasteiger partial charge in [0.25, 0.3) is 5.91 Å². The summed E-state index contributed by atoms with van der Waals surface area (Å²) in [5.74, 6) is -1.43. The van der Waals surface area contributed by atoms with E-state index in [1.54, 1.807) is 49.4 Å². The molecule has 1 aliphatic rings. The van der Waals surface area contributed by atoms with Crippen molar-refractivity contribution >= 4 is 59.2 Å². The summed E-state index contributed by atoms with van der Waals surface area (Å²) < 4.78 is 0. The Bertz CT molecular complexity index is 898. The van der Waals surface area contributed by atoms with E-state index in [1.807, 2.05) is 0 Å². The summed E-state index contributed by atoms with van der Waals surface area (Å²) in [6, 6.07) is 11.3. The molecule has 0 aliphatic carbocycles. The predicted molar refractivity (Wildman–Crippen MR) is 109 cm³/mol. The lowest BCUT2D eigenvalue weighted by Gasteiger charge is -2.15. The third-order valence-corrected chi connectivity index (χ3v) is 5.65. The number of imide groups is 1. The summed E-state index contributed by atoms with van der Waals surface area (Å²) in [4.78, 5) is 37.8. The number of rotatable bonds is 4. The Balaban J connectivity index is 1.69. The number of benzene rings is 2. The van der Waals surface area contributed by atoms with E-state index in [9.17, 15) is 14.4 Å². The fourth-order valence-corrected chi connectivity index (χ4v) is 3.47. The number of hydrogen-bond donors (Lipinski definition) is 2. The molecule has 27 heavy (non-hydrogen) atoms. The van der Waals surface area contributed by atoms with Gasteiger partial charge < -0.3 is 5.32 Å². The molecule has 0 bridgehead atoms. The van der Waals surface area contributed by atoms with Gasteiger partial charge in [-0.1, -0.05) is 36.2 Å². The van der Waals surface area contributed by atoms with Crippen LogP contribution in [0.5, 0.6) is 0 Å². The van der Waals surface area contributed by atoms with Crippen molar-refractivity contribution < 1.29 is 14.4 Å². The van der Waals surface area contributed by atoms with Crippen LogP contribution in [-0.2, 0) is 16.1 Å². The lowest BCUT2D eigenvalue weighted by atomic mass is 10.1. The topological polar surface area (TPSA) is 66.5 Å². The first-order chi connectivity index (χ1) is 12.8. The molecule has 1 aliphatic heterocycles. The summed E-state index contributed by atoms with van der Waals surface area (Å²) in [7, 11) is 0. The minimum Gasteiger partial charge on any atom is -0.348 e. The molecule has 0 unspecified atom stereocenters. The molecule has 0 aromatic heterocycles. The van der Waals surface area contributed by atoms with Crippen LogP contribution in [-0.4, -0.2) is 23.0 Å². The number of halogens is 2. The predicted octanol–water partition coefficient (Wildman–Crippen LogP) is 3.73. The summed E-state index contributed by atoms with van der Waals surface area (Å²) in [6.45, 7) is 1.92. The standard InChI is InChI=1S/C19H16Cl2N2O3S/c1-10-16(27)19(26)23(18(10)25)14-6-3-11(4-7-14)17(24)22-9-12-2-5-13(20)8-15(12)21/h2-8,10,16,27H,9H2,1H3,(H,22,24)/t10-,16-/m1/s1. The maximum absolute atomic E-state index is 12.3. The lowest BCUT2D eigenvalue weighted by Crippen LogP contribution is -2.31. The van der Waals surface area contributed by atoms with E-state index in [1.165, 1.54) is 0 Å². The maximum Gasteiger partial charge on any atom is 0.251 e. The van der Waals surface area contributed by atoms with Gasteiger partial charge in [-0.05, 0) is 42.0 Å². The molecule has 8 heteroatoms.